The lowest BCUT2D eigenvalue weighted by Gasteiger charge is -2.27. The van der Waals surface area contributed by atoms with Crippen molar-refractivity contribution in [1.82, 2.24) is 4.90 Å². The number of fused-ring (bicyclic) bond motifs is 1. The molecular weight excluding hydrogens is 595 g/mol. The number of ether oxygens (including phenoxy) is 5. The van der Waals surface area contributed by atoms with Crippen molar-refractivity contribution in [2.45, 2.75) is 45.6 Å². The molecule has 0 bridgehead atoms. The molecule has 1 fully saturated rings. The Labute approximate surface area is 268 Å². The fraction of sp³-hybridized carbons (Fsp3) is 0.429. The molecule has 0 aliphatic carbocycles. The molecule has 246 valence electrons. The molecule has 0 saturated carbocycles. The summed E-state index contributed by atoms with van der Waals surface area (Å²) < 4.78 is 42.3. The maximum absolute atomic E-state index is 15.5. The lowest BCUT2D eigenvalue weighted by molar-refractivity contribution is -0.143. The van der Waals surface area contributed by atoms with E-state index in [-0.39, 0.29) is 43.9 Å². The third-order valence-corrected chi connectivity index (χ3v) is 8.56. The summed E-state index contributed by atoms with van der Waals surface area (Å²) in [5.74, 6) is -2.62. The number of anilines is 1. The van der Waals surface area contributed by atoms with Crippen LogP contribution in [0.15, 0.2) is 48.5 Å². The lowest BCUT2D eigenvalue weighted by atomic mass is 9.82. The molecule has 11 heteroatoms. The molecule has 1 amide bonds. The first-order valence-electron chi connectivity index (χ1n) is 15.5. The minimum Gasteiger partial charge on any atom is -0.481 e. The number of hydrogen-bond donors (Lipinski definition) is 2. The average molecular weight is 637 g/mol. The van der Waals surface area contributed by atoms with Crippen molar-refractivity contribution < 1.29 is 42.8 Å². The quantitative estimate of drug-likeness (QED) is 0.176. The lowest BCUT2D eigenvalue weighted by Crippen LogP contribution is -2.35. The number of carboxylic acids is 1. The van der Waals surface area contributed by atoms with Crippen LogP contribution in [0, 0.1) is 18.7 Å². The smallest absolute Gasteiger partial charge is 0.309 e. The topological polar surface area (TPSA) is 116 Å². The van der Waals surface area contributed by atoms with Gasteiger partial charge in [0, 0.05) is 37.4 Å². The van der Waals surface area contributed by atoms with Crippen LogP contribution in [-0.2, 0) is 31.9 Å². The van der Waals surface area contributed by atoms with E-state index in [1.165, 1.54) is 12.1 Å². The van der Waals surface area contributed by atoms with E-state index in [9.17, 15) is 14.7 Å². The van der Waals surface area contributed by atoms with E-state index in [1.54, 1.807) is 31.4 Å². The first kappa shape index (κ1) is 33.2. The molecule has 2 N–H and O–H groups in total. The normalized spacial score (nSPS) is 18.9. The standard InChI is InChI=1S/C35H41FN2O8/c1-5-22-13-21(3)14-23(6-2)33(22)37-31(39)18-38-17-27(26-15-29-30(16-28(26)36)46-20-45-29)32(35(40)41)34(38)24-7-9-25(10-8-24)44-19-43-12-11-42-4/h7-10,13-16,27,32,34H,5-6,11-12,17-20H2,1-4H3,(H,37,39)(H,40,41)/t27-,32?,34+/m1/s1. The highest BCUT2D eigenvalue weighted by atomic mass is 19.1. The van der Waals surface area contributed by atoms with Gasteiger partial charge in [-0.3, -0.25) is 14.5 Å². The molecule has 0 aromatic heterocycles. The fourth-order valence-corrected chi connectivity index (χ4v) is 6.42. The zero-order valence-electron chi connectivity index (χ0n) is 26.6. The largest absolute Gasteiger partial charge is 0.481 e. The maximum atomic E-state index is 15.5. The molecule has 5 rings (SSSR count). The molecule has 3 atom stereocenters. The number of amides is 1. The average Bonchev–Trinajstić information content (AvgIpc) is 3.65. The first-order valence-corrected chi connectivity index (χ1v) is 15.5. The number of aryl methyl sites for hydroxylation is 3. The SMILES string of the molecule is CCc1cc(C)cc(CC)c1NC(=O)CN1C[C@H](c2cc3c(cc2F)OCO3)C(C(=O)O)[C@@H]1c1ccc(OCOCCOC)cc1. The molecular formula is C35H41FN2O8. The van der Waals surface area contributed by atoms with Gasteiger partial charge in [-0.05, 0) is 60.2 Å². The monoisotopic (exact) mass is 636 g/mol. The number of rotatable bonds is 14. The van der Waals surface area contributed by atoms with Gasteiger partial charge in [-0.15, -0.1) is 0 Å². The van der Waals surface area contributed by atoms with E-state index < -0.39 is 29.7 Å². The third kappa shape index (κ3) is 7.27. The van der Waals surface area contributed by atoms with Crippen molar-refractivity contribution >= 4 is 17.6 Å². The van der Waals surface area contributed by atoms with E-state index in [1.807, 2.05) is 25.7 Å². The second-order valence-corrected chi connectivity index (χ2v) is 11.5. The van der Waals surface area contributed by atoms with Gasteiger partial charge in [0.15, 0.2) is 18.3 Å². The van der Waals surface area contributed by atoms with Gasteiger partial charge in [-0.25, -0.2) is 4.39 Å². The van der Waals surface area contributed by atoms with E-state index in [4.69, 9.17) is 23.7 Å². The van der Waals surface area contributed by atoms with Crippen LogP contribution in [-0.4, -0.2) is 68.9 Å². The maximum Gasteiger partial charge on any atom is 0.309 e. The zero-order valence-corrected chi connectivity index (χ0v) is 26.6. The molecule has 2 aliphatic rings. The highest BCUT2D eigenvalue weighted by Gasteiger charge is 2.49. The van der Waals surface area contributed by atoms with Crippen molar-refractivity contribution in [1.29, 1.82) is 0 Å². The Kier molecular flexibility index (Phi) is 10.8. The Balaban J connectivity index is 1.45. The van der Waals surface area contributed by atoms with Gasteiger partial charge < -0.3 is 34.1 Å². The minimum absolute atomic E-state index is 0.0279. The van der Waals surface area contributed by atoms with Gasteiger partial charge in [-0.2, -0.15) is 0 Å². The molecule has 1 unspecified atom stereocenters. The van der Waals surface area contributed by atoms with Crippen molar-refractivity contribution in [3.8, 4) is 17.2 Å². The predicted molar refractivity (Wildman–Crippen MR) is 169 cm³/mol. The molecule has 3 aromatic rings. The summed E-state index contributed by atoms with van der Waals surface area (Å²) >= 11 is 0. The van der Waals surface area contributed by atoms with Crippen molar-refractivity contribution in [2.75, 3.05) is 52.3 Å². The van der Waals surface area contributed by atoms with E-state index in [0.29, 0.717) is 30.3 Å². The molecule has 10 nitrogen and oxygen atoms in total. The van der Waals surface area contributed by atoms with Gasteiger partial charge in [0.2, 0.25) is 12.7 Å². The molecule has 46 heavy (non-hydrogen) atoms. The number of likely N-dealkylation sites (tertiary alicyclic amines) is 1. The Morgan fingerprint density at radius 3 is 2.33 bits per heavy atom. The van der Waals surface area contributed by atoms with E-state index in [2.05, 4.69) is 17.4 Å². The summed E-state index contributed by atoms with van der Waals surface area (Å²) in [6, 6.07) is 13.2. The van der Waals surface area contributed by atoms with Crippen LogP contribution in [0.25, 0.3) is 0 Å². The number of carbonyl (C=O) groups excluding carboxylic acids is 1. The van der Waals surface area contributed by atoms with Gasteiger partial charge in [0.25, 0.3) is 0 Å². The van der Waals surface area contributed by atoms with Crippen LogP contribution >= 0.6 is 0 Å². The number of methoxy groups -OCH3 is 1. The molecule has 0 radical (unpaired) electrons. The number of hydrogen-bond acceptors (Lipinski definition) is 8. The summed E-state index contributed by atoms with van der Waals surface area (Å²) in [4.78, 5) is 28.5. The zero-order chi connectivity index (χ0) is 32.8. The van der Waals surface area contributed by atoms with Gasteiger partial charge in [0.05, 0.1) is 25.7 Å². The van der Waals surface area contributed by atoms with Crippen LogP contribution in [0.5, 0.6) is 17.2 Å². The summed E-state index contributed by atoms with van der Waals surface area (Å²) in [7, 11) is 1.59. The van der Waals surface area contributed by atoms with Crippen LogP contribution in [0.3, 0.4) is 0 Å². The number of benzene rings is 3. The number of nitrogens with zero attached hydrogens (tertiary/aromatic N) is 1. The first-order chi connectivity index (χ1) is 22.2. The highest BCUT2D eigenvalue weighted by Crippen LogP contribution is 2.48. The Morgan fingerprint density at radius 2 is 1.70 bits per heavy atom. The number of halogens is 1. The number of carbonyl (C=O) groups is 2. The summed E-state index contributed by atoms with van der Waals surface area (Å²) in [6.45, 7) is 6.97. The van der Waals surface area contributed by atoms with Crippen molar-refractivity contribution in [3.63, 3.8) is 0 Å². The second-order valence-electron chi connectivity index (χ2n) is 11.5. The van der Waals surface area contributed by atoms with Crippen LogP contribution in [0.4, 0.5) is 10.1 Å². The molecule has 2 aliphatic heterocycles. The van der Waals surface area contributed by atoms with E-state index in [0.717, 1.165) is 35.2 Å². The minimum atomic E-state index is -1.10. The Hall–Kier alpha value is -4.19. The Bertz CT molecular complexity index is 1520. The second kappa shape index (κ2) is 14.9. The third-order valence-electron chi connectivity index (χ3n) is 8.56. The van der Waals surface area contributed by atoms with E-state index >= 15 is 4.39 Å². The highest BCUT2D eigenvalue weighted by molar-refractivity contribution is 5.94. The Morgan fingerprint density at radius 1 is 1.02 bits per heavy atom. The predicted octanol–water partition coefficient (Wildman–Crippen LogP) is 5.47. The summed E-state index contributed by atoms with van der Waals surface area (Å²) in [6.07, 6.45) is 1.49. The van der Waals surface area contributed by atoms with Crippen molar-refractivity contribution in [2.24, 2.45) is 5.92 Å². The number of aliphatic carboxylic acids is 1. The van der Waals surface area contributed by atoms with Crippen LogP contribution < -0.4 is 19.5 Å². The van der Waals surface area contributed by atoms with Crippen molar-refractivity contribution in [3.05, 3.63) is 82.2 Å². The van der Waals surface area contributed by atoms with Gasteiger partial charge in [-0.1, -0.05) is 43.7 Å². The molecule has 0 spiro atoms. The number of carboxylic acid groups (broad SMARTS) is 1. The molecule has 1 saturated heterocycles. The van der Waals surface area contributed by atoms with Crippen LogP contribution in [0.1, 0.15) is 53.6 Å². The van der Waals surface area contributed by atoms with Gasteiger partial charge in [0.1, 0.15) is 11.6 Å². The summed E-state index contributed by atoms with van der Waals surface area (Å²) in [5.41, 5.74) is 4.85. The molecule has 2 heterocycles. The summed E-state index contributed by atoms with van der Waals surface area (Å²) in [5, 5.41) is 13.7. The number of nitrogens with one attached hydrogen (secondary N) is 1. The van der Waals surface area contributed by atoms with Crippen LogP contribution in [0.2, 0.25) is 0 Å². The molecule has 3 aromatic carbocycles. The fourth-order valence-electron chi connectivity index (χ4n) is 6.42. The van der Waals surface area contributed by atoms with Gasteiger partial charge >= 0.3 is 5.97 Å².